The zero-order valence-corrected chi connectivity index (χ0v) is 13.3. The number of sulfonamides is 1. The number of nitrogens with zero attached hydrogens (tertiary/aromatic N) is 2. The topological polar surface area (TPSA) is 79.4 Å². The Morgan fingerprint density at radius 2 is 2.10 bits per heavy atom. The van der Waals surface area contributed by atoms with Gasteiger partial charge in [0.15, 0.2) is 0 Å². The molecule has 1 amide bonds. The van der Waals surface area contributed by atoms with Gasteiger partial charge in [0.25, 0.3) is 0 Å². The number of rotatable bonds is 4. The van der Waals surface area contributed by atoms with E-state index in [4.69, 9.17) is 11.6 Å². The average Bonchev–Trinajstić information content (AvgIpc) is 2.48. The van der Waals surface area contributed by atoms with Crippen molar-refractivity contribution in [2.24, 2.45) is 0 Å². The summed E-state index contributed by atoms with van der Waals surface area (Å²) in [6, 6.07) is 2.96. The molecule has 1 aliphatic rings. The second-order valence-electron chi connectivity index (χ2n) is 4.92. The molecule has 116 valence electrons. The van der Waals surface area contributed by atoms with Crippen molar-refractivity contribution in [3.8, 4) is 0 Å². The van der Waals surface area contributed by atoms with Gasteiger partial charge >= 0.3 is 0 Å². The van der Waals surface area contributed by atoms with Gasteiger partial charge in [0, 0.05) is 31.7 Å². The molecular formula is C13H18ClN3O3S. The lowest BCUT2D eigenvalue weighted by molar-refractivity contribution is -0.121. The van der Waals surface area contributed by atoms with Gasteiger partial charge in [0.05, 0.1) is 0 Å². The number of carbonyl (C=O) groups excluding carboxylic acids is 1. The fraction of sp³-hybridized carbons (Fsp3) is 0.538. The third-order valence-electron chi connectivity index (χ3n) is 3.48. The summed E-state index contributed by atoms with van der Waals surface area (Å²) >= 11 is 5.67. The molecule has 0 radical (unpaired) electrons. The molecule has 0 unspecified atom stereocenters. The minimum Gasteiger partial charge on any atom is -0.353 e. The van der Waals surface area contributed by atoms with Gasteiger partial charge in [0.1, 0.15) is 10.0 Å². The normalized spacial score (nSPS) is 17.6. The van der Waals surface area contributed by atoms with E-state index in [1.54, 1.807) is 6.92 Å². The lowest BCUT2D eigenvalue weighted by Gasteiger charge is -2.31. The van der Waals surface area contributed by atoms with Crippen molar-refractivity contribution >= 4 is 27.5 Å². The fourth-order valence-corrected chi connectivity index (χ4v) is 3.76. The van der Waals surface area contributed by atoms with Crippen molar-refractivity contribution in [1.29, 1.82) is 0 Å². The molecule has 6 nitrogen and oxygen atoms in total. The van der Waals surface area contributed by atoms with Crippen LogP contribution in [0.25, 0.3) is 0 Å². The van der Waals surface area contributed by atoms with Crippen molar-refractivity contribution in [3.05, 3.63) is 23.5 Å². The molecule has 2 heterocycles. The highest BCUT2D eigenvalue weighted by atomic mass is 35.5. The molecule has 0 spiro atoms. The first-order chi connectivity index (χ1) is 9.93. The molecule has 1 aliphatic heterocycles. The van der Waals surface area contributed by atoms with Crippen LogP contribution in [-0.2, 0) is 14.8 Å². The van der Waals surface area contributed by atoms with Crippen molar-refractivity contribution in [3.63, 3.8) is 0 Å². The summed E-state index contributed by atoms with van der Waals surface area (Å²) in [5.41, 5.74) is 0. The summed E-state index contributed by atoms with van der Waals surface area (Å²) in [4.78, 5) is 15.3. The van der Waals surface area contributed by atoms with E-state index in [9.17, 15) is 13.2 Å². The van der Waals surface area contributed by atoms with Crippen LogP contribution in [-0.4, -0.2) is 42.7 Å². The molecular weight excluding hydrogens is 314 g/mol. The number of hydrogen-bond acceptors (Lipinski definition) is 4. The Bertz CT molecular complexity index is 596. The minimum absolute atomic E-state index is 0.00166. The zero-order valence-electron chi connectivity index (χ0n) is 11.8. The molecule has 1 fully saturated rings. The van der Waals surface area contributed by atoms with Crippen LogP contribution < -0.4 is 5.32 Å². The Morgan fingerprint density at radius 1 is 1.43 bits per heavy atom. The number of nitrogens with one attached hydrogen (secondary N) is 1. The Balaban J connectivity index is 2.01. The molecule has 2 rings (SSSR count). The van der Waals surface area contributed by atoms with Crippen LogP contribution in [0.4, 0.5) is 0 Å². The third kappa shape index (κ3) is 3.93. The number of piperidine rings is 1. The van der Waals surface area contributed by atoms with Gasteiger partial charge in [-0.3, -0.25) is 4.79 Å². The van der Waals surface area contributed by atoms with Gasteiger partial charge in [0.2, 0.25) is 15.9 Å². The van der Waals surface area contributed by atoms with E-state index in [1.165, 1.54) is 22.6 Å². The van der Waals surface area contributed by atoms with E-state index in [0.29, 0.717) is 32.4 Å². The zero-order chi connectivity index (χ0) is 15.5. The predicted molar refractivity (Wildman–Crippen MR) is 79.5 cm³/mol. The number of amides is 1. The summed E-state index contributed by atoms with van der Waals surface area (Å²) in [5.74, 6) is -0.00166. The van der Waals surface area contributed by atoms with E-state index < -0.39 is 10.0 Å². The Morgan fingerprint density at radius 3 is 2.62 bits per heavy atom. The Hall–Kier alpha value is -1.18. The molecule has 21 heavy (non-hydrogen) atoms. The molecule has 1 N–H and O–H groups in total. The maximum Gasteiger partial charge on any atom is 0.244 e. The maximum atomic E-state index is 12.4. The van der Waals surface area contributed by atoms with Gasteiger partial charge in [-0.05, 0) is 25.0 Å². The maximum absolute atomic E-state index is 12.4. The van der Waals surface area contributed by atoms with Crippen molar-refractivity contribution < 1.29 is 13.2 Å². The molecule has 1 aromatic heterocycles. The first-order valence-electron chi connectivity index (χ1n) is 6.84. The first kappa shape index (κ1) is 16.2. The quantitative estimate of drug-likeness (QED) is 0.846. The summed E-state index contributed by atoms with van der Waals surface area (Å²) in [7, 11) is -3.54. The molecule has 0 aliphatic carbocycles. The Labute approximate surface area is 129 Å². The van der Waals surface area contributed by atoms with Crippen LogP contribution in [0.3, 0.4) is 0 Å². The van der Waals surface area contributed by atoms with Crippen LogP contribution in [0, 0.1) is 0 Å². The first-order valence-corrected chi connectivity index (χ1v) is 8.66. The molecule has 0 saturated carbocycles. The molecule has 0 aromatic carbocycles. The highest BCUT2D eigenvalue weighted by molar-refractivity contribution is 7.89. The SMILES string of the molecule is CCC(=O)NC1CCN(S(=O)(=O)c2ccc(Cl)nc2)CC1. The third-order valence-corrected chi connectivity index (χ3v) is 5.58. The second kappa shape index (κ2) is 6.72. The second-order valence-corrected chi connectivity index (χ2v) is 7.24. The fourth-order valence-electron chi connectivity index (χ4n) is 2.23. The van der Waals surface area contributed by atoms with Crippen molar-refractivity contribution in [2.45, 2.75) is 37.1 Å². The van der Waals surface area contributed by atoms with Crippen LogP contribution in [0.15, 0.2) is 23.2 Å². The number of aromatic nitrogens is 1. The smallest absolute Gasteiger partial charge is 0.244 e. The minimum atomic E-state index is -3.54. The largest absolute Gasteiger partial charge is 0.353 e. The predicted octanol–water partition coefficient (Wildman–Crippen LogP) is 1.41. The number of pyridine rings is 1. The average molecular weight is 332 g/mol. The molecule has 1 aromatic rings. The molecule has 0 atom stereocenters. The van der Waals surface area contributed by atoms with E-state index in [2.05, 4.69) is 10.3 Å². The lowest BCUT2D eigenvalue weighted by atomic mass is 10.1. The summed E-state index contributed by atoms with van der Waals surface area (Å²) in [6.45, 7) is 2.57. The highest BCUT2D eigenvalue weighted by Crippen LogP contribution is 2.21. The van der Waals surface area contributed by atoms with Crippen LogP contribution in [0.5, 0.6) is 0 Å². The van der Waals surface area contributed by atoms with Crippen LogP contribution in [0.1, 0.15) is 26.2 Å². The molecule has 1 saturated heterocycles. The highest BCUT2D eigenvalue weighted by Gasteiger charge is 2.29. The molecule has 0 bridgehead atoms. The van der Waals surface area contributed by atoms with Gasteiger partial charge in [-0.1, -0.05) is 18.5 Å². The van der Waals surface area contributed by atoms with Gasteiger partial charge < -0.3 is 5.32 Å². The van der Waals surface area contributed by atoms with Crippen molar-refractivity contribution in [1.82, 2.24) is 14.6 Å². The number of halogens is 1. The van der Waals surface area contributed by atoms with Gasteiger partial charge in [-0.25, -0.2) is 13.4 Å². The van der Waals surface area contributed by atoms with E-state index in [1.807, 2.05) is 0 Å². The molecule has 8 heteroatoms. The summed E-state index contributed by atoms with van der Waals surface area (Å²) in [5, 5.41) is 3.16. The van der Waals surface area contributed by atoms with E-state index >= 15 is 0 Å². The standard InChI is InChI=1S/C13H18ClN3O3S/c1-2-13(18)16-10-5-7-17(8-6-10)21(19,20)11-3-4-12(14)15-9-11/h3-4,9-10H,2,5-8H2,1H3,(H,16,18). The number of hydrogen-bond donors (Lipinski definition) is 1. The monoisotopic (exact) mass is 331 g/mol. The van der Waals surface area contributed by atoms with E-state index in [0.717, 1.165) is 0 Å². The summed E-state index contributed by atoms with van der Waals surface area (Å²) in [6.07, 6.45) is 2.94. The van der Waals surface area contributed by atoms with Gasteiger partial charge in [-0.2, -0.15) is 4.31 Å². The van der Waals surface area contributed by atoms with Crippen LogP contribution >= 0.6 is 11.6 Å². The lowest BCUT2D eigenvalue weighted by Crippen LogP contribution is -2.46. The van der Waals surface area contributed by atoms with E-state index in [-0.39, 0.29) is 22.0 Å². The van der Waals surface area contributed by atoms with Crippen LogP contribution in [0.2, 0.25) is 5.15 Å². The summed E-state index contributed by atoms with van der Waals surface area (Å²) < 4.78 is 26.3. The van der Waals surface area contributed by atoms with Crippen molar-refractivity contribution in [2.75, 3.05) is 13.1 Å². The Kier molecular flexibility index (Phi) is 5.18. The van der Waals surface area contributed by atoms with Gasteiger partial charge in [-0.15, -0.1) is 0 Å². The number of carbonyl (C=O) groups is 1.